The van der Waals surface area contributed by atoms with Gasteiger partial charge in [-0.2, -0.15) is 5.26 Å². The van der Waals surface area contributed by atoms with Crippen molar-refractivity contribution in [3.05, 3.63) is 46.2 Å². The molecule has 1 aromatic heterocycles. The van der Waals surface area contributed by atoms with E-state index in [1.165, 1.54) is 11.9 Å². The SMILES string of the molecule is N#Cc1cccn1CCC(NSc1cc(Cl)c(N)c(Cl)c1)C(=O)N1CCCCC1. The van der Waals surface area contributed by atoms with Crippen LogP contribution in [0.2, 0.25) is 10.0 Å². The Labute approximate surface area is 185 Å². The molecule has 3 rings (SSSR count). The van der Waals surface area contributed by atoms with Gasteiger partial charge in [-0.3, -0.25) is 4.79 Å². The number of hydrogen-bond acceptors (Lipinski definition) is 5. The second-order valence-corrected chi connectivity index (χ2v) is 8.67. The standard InChI is InChI=1S/C20H23Cl2N5OS/c21-16-11-15(12-17(22)19(16)24)29-25-18(20(28)27-7-2-1-3-8-27)6-10-26-9-4-5-14(26)13-23/h4-5,9,11-12,18,25H,1-3,6-8,10,24H2. The average Bonchev–Trinajstić information content (AvgIpc) is 3.19. The number of carbonyl (C=O) groups excluding carboxylic acids is 1. The summed E-state index contributed by atoms with van der Waals surface area (Å²) in [6, 6.07) is 8.82. The molecule has 6 nitrogen and oxygen atoms in total. The second kappa shape index (κ2) is 10.3. The first-order chi connectivity index (χ1) is 14.0. The number of nitrogens with one attached hydrogen (secondary N) is 1. The highest BCUT2D eigenvalue weighted by Crippen LogP contribution is 2.32. The van der Waals surface area contributed by atoms with Crippen LogP contribution in [0.3, 0.4) is 0 Å². The lowest BCUT2D eigenvalue weighted by Crippen LogP contribution is -2.47. The van der Waals surface area contributed by atoms with Gasteiger partial charge in [0.15, 0.2) is 0 Å². The highest BCUT2D eigenvalue weighted by Gasteiger charge is 2.26. The molecule has 1 amide bonds. The topological polar surface area (TPSA) is 87.1 Å². The van der Waals surface area contributed by atoms with Crippen molar-refractivity contribution in [2.75, 3.05) is 18.8 Å². The molecule has 154 valence electrons. The predicted molar refractivity (Wildman–Crippen MR) is 118 cm³/mol. The number of anilines is 1. The molecule has 2 heterocycles. The summed E-state index contributed by atoms with van der Waals surface area (Å²) in [5, 5.41) is 9.97. The number of aryl methyl sites for hydroxylation is 1. The molecule has 0 spiro atoms. The minimum absolute atomic E-state index is 0.0792. The Bertz CT molecular complexity index is 882. The molecule has 1 unspecified atom stereocenters. The molecule has 0 radical (unpaired) electrons. The molecule has 1 fully saturated rings. The minimum Gasteiger partial charge on any atom is -0.396 e. The van der Waals surface area contributed by atoms with Gasteiger partial charge in [0, 0.05) is 30.7 Å². The van der Waals surface area contributed by atoms with Crippen LogP contribution in [0.25, 0.3) is 0 Å². The van der Waals surface area contributed by atoms with Crippen molar-refractivity contribution < 1.29 is 4.79 Å². The minimum atomic E-state index is -0.401. The van der Waals surface area contributed by atoms with Crippen molar-refractivity contribution in [3.8, 4) is 6.07 Å². The average molecular weight is 452 g/mol. The molecule has 1 aliphatic heterocycles. The fourth-order valence-electron chi connectivity index (χ4n) is 3.31. The summed E-state index contributed by atoms with van der Waals surface area (Å²) in [5.74, 6) is 0.0792. The van der Waals surface area contributed by atoms with Crippen LogP contribution in [-0.2, 0) is 11.3 Å². The molecular formula is C20H23Cl2N5OS. The Hall–Kier alpha value is -1.85. The number of piperidine rings is 1. The number of carbonyl (C=O) groups is 1. The second-order valence-electron chi connectivity index (χ2n) is 6.95. The van der Waals surface area contributed by atoms with E-state index in [4.69, 9.17) is 28.9 Å². The summed E-state index contributed by atoms with van der Waals surface area (Å²) in [7, 11) is 0. The van der Waals surface area contributed by atoms with E-state index in [0.717, 1.165) is 37.2 Å². The molecule has 29 heavy (non-hydrogen) atoms. The summed E-state index contributed by atoms with van der Waals surface area (Å²) in [6.07, 6.45) is 5.64. The molecule has 0 aliphatic carbocycles. The molecule has 9 heteroatoms. The van der Waals surface area contributed by atoms with Crippen LogP contribution in [-0.4, -0.2) is 34.5 Å². The van der Waals surface area contributed by atoms with Crippen molar-refractivity contribution in [3.63, 3.8) is 0 Å². The third kappa shape index (κ3) is 5.61. The zero-order valence-electron chi connectivity index (χ0n) is 15.9. The van der Waals surface area contributed by atoms with Gasteiger partial charge in [0.05, 0.1) is 21.8 Å². The maximum Gasteiger partial charge on any atom is 0.240 e. The van der Waals surface area contributed by atoms with E-state index in [2.05, 4.69) is 10.8 Å². The van der Waals surface area contributed by atoms with E-state index in [9.17, 15) is 10.1 Å². The predicted octanol–water partition coefficient (Wildman–Crippen LogP) is 4.32. The number of amides is 1. The van der Waals surface area contributed by atoms with Gasteiger partial charge in [-0.25, -0.2) is 4.72 Å². The van der Waals surface area contributed by atoms with Gasteiger partial charge >= 0.3 is 0 Å². The Kier molecular flexibility index (Phi) is 7.73. The van der Waals surface area contributed by atoms with Crippen LogP contribution in [0.1, 0.15) is 31.4 Å². The summed E-state index contributed by atoms with van der Waals surface area (Å²) in [4.78, 5) is 15.8. The maximum atomic E-state index is 13.1. The number of aromatic nitrogens is 1. The monoisotopic (exact) mass is 451 g/mol. The molecule has 1 aliphatic rings. The van der Waals surface area contributed by atoms with Gasteiger partial charge < -0.3 is 15.2 Å². The number of rotatable bonds is 7. The number of likely N-dealkylation sites (tertiary alicyclic amines) is 1. The normalized spacial score (nSPS) is 15.1. The third-order valence-corrected chi connectivity index (χ3v) is 6.44. The maximum absolute atomic E-state index is 13.1. The van der Waals surface area contributed by atoms with Crippen molar-refractivity contribution in [1.82, 2.24) is 14.2 Å². The van der Waals surface area contributed by atoms with Gasteiger partial charge in [-0.15, -0.1) is 0 Å². The van der Waals surface area contributed by atoms with Crippen LogP contribution in [0.15, 0.2) is 35.4 Å². The summed E-state index contributed by atoms with van der Waals surface area (Å²) >= 11 is 13.6. The van der Waals surface area contributed by atoms with Gasteiger partial charge in [0.2, 0.25) is 5.91 Å². The lowest BCUT2D eigenvalue weighted by atomic mass is 10.1. The first-order valence-electron chi connectivity index (χ1n) is 9.50. The highest BCUT2D eigenvalue weighted by atomic mass is 35.5. The molecule has 1 aromatic carbocycles. The number of hydrogen-bond donors (Lipinski definition) is 2. The zero-order valence-corrected chi connectivity index (χ0v) is 18.2. The third-order valence-electron chi connectivity index (χ3n) is 4.94. The van der Waals surface area contributed by atoms with Crippen molar-refractivity contribution in [1.29, 1.82) is 5.26 Å². The molecule has 1 saturated heterocycles. The number of halogens is 2. The molecule has 1 atom stereocenters. The van der Waals surface area contributed by atoms with E-state index in [1.54, 1.807) is 18.2 Å². The van der Waals surface area contributed by atoms with E-state index in [-0.39, 0.29) is 5.91 Å². The lowest BCUT2D eigenvalue weighted by Gasteiger charge is -2.30. The Morgan fingerprint density at radius 2 is 1.97 bits per heavy atom. The van der Waals surface area contributed by atoms with Crippen molar-refractivity contribution in [2.24, 2.45) is 0 Å². The smallest absolute Gasteiger partial charge is 0.240 e. The zero-order chi connectivity index (χ0) is 20.8. The number of benzene rings is 1. The van der Waals surface area contributed by atoms with Crippen LogP contribution in [0, 0.1) is 11.3 Å². The summed E-state index contributed by atoms with van der Waals surface area (Å²) in [5.41, 5.74) is 6.72. The summed E-state index contributed by atoms with van der Waals surface area (Å²) < 4.78 is 5.14. The van der Waals surface area contributed by atoms with Crippen molar-refractivity contribution >= 4 is 46.7 Å². The Morgan fingerprint density at radius 1 is 1.28 bits per heavy atom. The molecule has 0 saturated carbocycles. The van der Waals surface area contributed by atoms with E-state index in [1.807, 2.05) is 21.7 Å². The molecule has 2 aromatic rings. The van der Waals surface area contributed by atoms with E-state index >= 15 is 0 Å². The molecular weight excluding hydrogens is 429 g/mol. The van der Waals surface area contributed by atoms with Crippen LogP contribution >= 0.6 is 35.1 Å². The largest absolute Gasteiger partial charge is 0.396 e. The van der Waals surface area contributed by atoms with Gasteiger partial charge in [0.25, 0.3) is 0 Å². The first kappa shape index (κ1) is 21.8. The Balaban J connectivity index is 1.71. The highest BCUT2D eigenvalue weighted by molar-refractivity contribution is 7.97. The Morgan fingerprint density at radius 3 is 2.62 bits per heavy atom. The molecule has 3 N–H and O–H groups in total. The van der Waals surface area contributed by atoms with E-state index < -0.39 is 6.04 Å². The lowest BCUT2D eigenvalue weighted by molar-refractivity contribution is -0.134. The van der Waals surface area contributed by atoms with Gasteiger partial charge in [0.1, 0.15) is 11.8 Å². The number of nitrogens with zero attached hydrogens (tertiary/aromatic N) is 3. The number of nitrogens with two attached hydrogens (primary N) is 1. The van der Waals surface area contributed by atoms with Crippen LogP contribution in [0.5, 0.6) is 0 Å². The van der Waals surface area contributed by atoms with Crippen LogP contribution in [0.4, 0.5) is 5.69 Å². The first-order valence-corrected chi connectivity index (χ1v) is 11.1. The number of nitrogen functional groups attached to an aromatic ring is 1. The fraction of sp³-hybridized carbons (Fsp3) is 0.400. The number of nitriles is 1. The fourth-order valence-corrected chi connectivity index (χ4v) is 4.77. The molecule has 0 bridgehead atoms. The van der Waals surface area contributed by atoms with Crippen LogP contribution < -0.4 is 10.5 Å². The van der Waals surface area contributed by atoms with Gasteiger partial charge in [-0.05, 0) is 61.9 Å². The van der Waals surface area contributed by atoms with Crippen molar-refractivity contribution in [2.45, 2.75) is 43.2 Å². The summed E-state index contributed by atoms with van der Waals surface area (Å²) in [6.45, 7) is 2.14. The van der Waals surface area contributed by atoms with E-state index in [0.29, 0.717) is 34.4 Å². The quantitative estimate of drug-likeness (QED) is 0.483. The van der Waals surface area contributed by atoms with Gasteiger partial charge in [-0.1, -0.05) is 23.2 Å².